The van der Waals surface area contributed by atoms with E-state index in [2.05, 4.69) is 10.3 Å². The maximum Gasteiger partial charge on any atom is 0.321 e. The molecule has 5 nitrogen and oxygen atoms in total. The highest BCUT2D eigenvalue weighted by molar-refractivity contribution is 5.89. The molecule has 1 aliphatic rings. The number of urea groups is 1. The first-order valence-electron chi connectivity index (χ1n) is 6.36. The minimum absolute atomic E-state index is 0.145. The van der Waals surface area contributed by atoms with Crippen molar-refractivity contribution in [3.8, 4) is 0 Å². The highest BCUT2D eigenvalue weighted by Gasteiger charge is 2.19. The summed E-state index contributed by atoms with van der Waals surface area (Å²) in [4.78, 5) is 17.1. The fourth-order valence-electron chi connectivity index (χ4n) is 2.11. The summed E-state index contributed by atoms with van der Waals surface area (Å²) in [6, 6.07) is 1.11. The summed E-state index contributed by atoms with van der Waals surface area (Å²) in [6.45, 7) is 2.09. The molecule has 104 valence electrons. The van der Waals surface area contributed by atoms with E-state index in [1.54, 1.807) is 11.9 Å². The Hall–Kier alpha value is -1.69. The second-order valence-corrected chi connectivity index (χ2v) is 4.75. The highest BCUT2D eigenvalue weighted by atomic mass is 19.1. The first-order valence-corrected chi connectivity index (χ1v) is 6.36. The Morgan fingerprint density at radius 3 is 3.21 bits per heavy atom. The average Bonchev–Trinajstić information content (AvgIpc) is 2.42. The van der Waals surface area contributed by atoms with Crippen LogP contribution in [0.5, 0.6) is 0 Å². The number of ether oxygens (including phenoxy) is 1. The third-order valence-corrected chi connectivity index (χ3v) is 3.15. The number of halogens is 1. The highest BCUT2D eigenvalue weighted by Crippen LogP contribution is 2.16. The molecule has 0 aromatic carbocycles. The van der Waals surface area contributed by atoms with Gasteiger partial charge in [-0.05, 0) is 18.9 Å². The lowest BCUT2D eigenvalue weighted by Crippen LogP contribution is -2.37. The fraction of sp³-hybridized carbons (Fsp3) is 0.538. The maximum atomic E-state index is 13.4. The lowest BCUT2D eigenvalue weighted by atomic mass is 10.0. The molecule has 2 amide bonds. The molecule has 0 aliphatic carbocycles. The number of amides is 2. The Labute approximate surface area is 111 Å². The van der Waals surface area contributed by atoms with E-state index in [0.717, 1.165) is 25.6 Å². The van der Waals surface area contributed by atoms with Gasteiger partial charge in [0.15, 0.2) is 5.82 Å². The zero-order valence-corrected chi connectivity index (χ0v) is 10.9. The van der Waals surface area contributed by atoms with Crippen molar-refractivity contribution in [1.29, 1.82) is 0 Å². The Bertz CT molecular complexity index is 436. The Balaban J connectivity index is 1.87. The van der Waals surface area contributed by atoms with E-state index >= 15 is 0 Å². The number of hydrogen-bond acceptors (Lipinski definition) is 3. The summed E-state index contributed by atoms with van der Waals surface area (Å²) in [5, 5.41) is 2.53. The first-order chi connectivity index (χ1) is 9.16. The molecule has 0 bridgehead atoms. The number of pyridine rings is 1. The molecular weight excluding hydrogens is 249 g/mol. The molecule has 1 aromatic rings. The number of aromatic nitrogens is 1. The van der Waals surface area contributed by atoms with E-state index in [1.165, 1.54) is 12.3 Å². The first kappa shape index (κ1) is 13.7. The van der Waals surface area contributed by atoms with Gasteiger partial charge in [0, 0.05) is 32.3 Å². The van der Waals surface area contributed by atoms with Crippen molar-refractivity contribution in [2.45, 2.75) is 12.8 Å². The number of carbonyl (C=O) groups excluding carboxylic acids is 1. The van der Waals surface area contributed by atoms with E-state index in [0.29, 0.717) is 19.1 Å². The maximum absolute atomic E-state index is 13.4. The van der Waals surface area contributed by atoms with Crippen LogP contribution in [0.4, 0.5) is 14.9 Å². The quantitative estimate of drug-likeness (QED) is 0.912. The van der Waals surface area contributed by atoms with Crippen molar-refractivity contribution in [3.63, 3.8) is 0 Å². The van der Waals surface area contributed by atoms with Gasteiger partial charge in [0.25, 0.3) is 0 Å². The van der Waals surface area contributed by atoms with Gasteiger partial charge in [-0.1, -0.05) is 0 Å². The predicted molar refractivity (Wildman–Crippen MR) is 69.4 cm³/mol. The molecule has 1 aliphatic heterocycles. The van der Waals surface area contributed by atoms with E-state index in [9.17, 15) is 9.18 Å². The van der Waals surface area contributed by atoms with Gasteiger partial charge in [-0.2, -0.15) is 0 Å². The number of hydrogen-bond donors (Lipinski definition) is 1. The van der Waals surface area contributed by atoms with Gasteiger partial charge in [-0.25, -0.2) is 9.18 Å². The van der Waals surface area contributed by atoms with Gasteiger partial charge in [0.2, 0.25) is 0 Å². The van der Waals surface area contributed by atoms with E-state index in [1.807, 2.05) is 0 Å². The minimum Gasteiger partial charge on any atom is -0.381 e. The number of anilines is 1. The molecule has 6 heteroatoms. The van der Waals surface area contributed by atoms with Crippen LogP contribution in [0, 0.1) is 11.7 Å². The van der Waals surface area contributed by atoms with Gasteiger partial charge in [-0.15, -0.1) is 0 Å². The predicted octanol–water partition coefficient (Wildman–Crippen LogP) is 2.11. The van der Waals surface area contributed by atoms with Gasteiger partial charge >= 0.3 is 6.03 Å². The second-order valence-electron chi connectivity index (χ2n) is 4.75. The fourth-order valence-corrected chi connectivity index (χ4v) is 2.11. The number of nitrogens with zero attached hydrogens (tertiary/aromatic N) is 2. The minimum atomic E-state index is -0.537. The van der Waals surface area contributed by atoms with Crippen LogP contribution in [0.3, 0.4) is 0 Å². The van der Waals surface area contributed by atoms with Crippen molar-refractivity contribution in [2.75, 3.05) is 32.1 Å². The van der Waals surface area contributed by atoms with E-state index < -0.39 is 5.82 Å². The third kappa shape index (κ3) is 3.89. The van der Waals surface area contributed by atoms with Gasteiger partial charge in [0.1, 0.15) is 0 Å². The normalized spacial score (nSPS) is 18.9. The largest absolute Gasteiger partial charge is 0.381 e. The number of rotatable bonds is 3. The second kappa shape index (κ2) is 6.47. The molecule has 0 spiro atoms. The van der Waals surface area contributed by atoms with Crippen LogP contribution in [-0.4, -0.2) is 42.7 Å². The summed E-state index contributed by atoms with van der Waals surface area (Å²) in [5.41, 5.74) is 0.145. The molecule has 2 heterocycles. The number of carbonyl (C=O) groups is 1. The monoisotopic (exact) mass is 267 g/mol. The molecule has 1 aromatic heterocycles. The standard InChI is InChI=1S/C13H18FN3O2/c1-17(8-10-3-2-6-19-9-10)13(18)16-12-4-5-15-7-11(12)14/h4-5,7,10H,2-3,6,8-9H2,1H3,(H,15,16,18). The van der Waals surface area contributed by atoms with Gasteiger partial charge in [-0.3, -0.25) is 4.98 Å². The van der Waals surface area contributed by atoms with Crippen LogP contribution >= 0.6 is 0 Å². The molecular formula is C13H18FN3O2. The van der Waals surface area contributed by atoms with Crippen LogP contribution in [0.2, 0.25) is 0 Å². The lowest BCUT2D eigenvalue weighted by molar-refractivity contribution is 0.0464. The SMILES string of the molecule is CN(CC1CCCOC1)C(=O)Nc1ccncc1F. The van der Waals surface area contributed by atoms with Crippen molar-refractivity contribution < 1.29 is 13.9 Å². The summed E-state index contributed by atoms with van der Waals surface area (Å²) in [6.07, 6.45) is 4.60. The van der Waals surface area contributed by atoms with Gasteiger partial charge in [0.05, 0.1) is 18.5 Å². The summed E-state index contributed by atoms with van der Waals surface area (Å²) >= 11 is 0. The summed E-state index contributed by atoms with van der Waals surface area (Å²) < 4.78 is 18.7. The topological polar surface area (TPSA) is 54.5 Å². The van der Waals surface area contributed by atoms with Crippen molar-refractivity contribution >= 4 is 11.7 Å². The van der Waals surface area contributed by atoms with E-state index in [4.69, 9.17) is 4.74 Å². The smallest absolute Gasteiger partial charge is 0.321 e. The molecule has 0 saturated carbocycles. The molecule has 0 radical (unpaired) electrons. The zero-order valence-electron chi connectivity index (χ0n) is 10.9. The van der Waals surface area contributed by atoms with Gasteiger partial charge < -0.3 is 15.0 Å². The van der Waals surface area contributed by atoms with Crippen LogP contribution in [-0.2, 0) is 4.74 Å². The Morgan fingerprint density at radius 2 is 2.53 bits per heavy atom. The van der Waals surface area contributed by atoms with Crippen LogP contribution in [0.1, 0.15) is 12.8 Å². The van der Waals surface area contributed by atoms with Crippen LogP contribution in [0.15, 0.2) is 18.5 Å². The molecule has 19 heavy (non-hydrogen) atoms. The molecule has 1 N–H and O–H groups in total. The molecule has 1 unspecified atom stereocenters. The third-order valence-electron chi connectivity index (χ3n) is 3.15. The Kier molecular flexibility index (Phi) is 4.68. The van der Waals surface area contributed by atoms with Crippen molar-refractivity contribution in [2.24, 2.45) is 5.92 Å². The lowest BCUT2D eigenvalue weighted by Gasteiger charge is -2.27. The summed E-state index contributed by atoms with van der Waals surface area (Å²) in [5.74, 6) is -0.183. The molecule has 2 rings (SSSR count). The van der Waals surface area contributed by atoms with Crippen LogP contribution < -0.4 is 5.32 Å². The number of nitrogens with one attached hydrogen (secondary N) is 1. The molecule has 1 saturated heterocycles. The van der Waals surface area contributed by atoms with Crippen molar-refractivity contribution in [1.82, 2.24) is 9.88 Å². The zero-order chi connectivity index (χ0) is 13.7. The van der Waals surface area contributed by atoms with Crippen molar-refractivity contribution in [3.05, 3.63) is 24.3 Å². The van der Waals surface area contributed by atoms with E-state index in [-0.39, 0.29) is 11.7 Å². The molecule has 1 atom stereocenters. The molecule has 1 fully saturated rings. The Morgan fingerprint density at radius 1 is 1.68 bits per heavy atom. The summed E-state index contributed by atoms with van der Waals surface area (Å²) in [7, 11) is 1.70. The average molecular weight is 267 g/mol. The van der Waals surface area contributed by atoms with Crippen LogP contribution in [0.25, 0.3) is 0 Å².